The number of esters is 1. The molecule has 11 atom stereocenters. The van der Waals surface area contributed by atoms with E-state index in [0.29, 0.717) is 32.1 Å². The molecule has 0 heterocycles. The van der Waals surface area contributed by atoms with Gasteiger partial charge < -0.3 is 20.1 Å². The molecule has 4 aliphatic rings. The van der Waals surface area contributed by atoms with E-state index in [4.69, 9.17) is 8.92 Å². The second kappa shape index (κ2) is 10.9. The highest BCUT2D eigenvalue weighted by Crippen LogP contribution is 2.69. The van der Waals surface area contributed by atoms with Crippen molar-refractivity contribution in [3.05, 3.63) is 29.8 Å². The van der Waals surface area contributed by atoms with Crippen molar-refractivity contribution < 1.29 is 37.5 Å². The zero-order chi connectivity index (χ0) is 30.0. The van der Waals surface area contributed by atoms with Crippen LogP contribution in [0, 0.1) is 53.3 Å². The van der Waals surface area contributed by atoms with Gasteiger partial charge in [-0.1, -0.05) is 38.5 Å². The van der Waals surface area contributed by atoms with Crippen molar-refractivity contribution in [1.82, 2.24) is 0 Å². The maximum absolute atomic E-state index is 13.0. The highest BCUT2D eigenvalue weighted by atomic mass is 32.2. The monoisotopic (exact) mass is 592 g/mol. The SMILES string of the molecule is COC(=O)CC[C@@H](C)[C@H]1CC[C@H]2[C@@H]3[C@H](O)C[C@@H]4C[C@@](O)(OS(=O)(=O)c5ccc(C)cc5)CC[C@]4(C)[C@H]3C[C@H](O)[C@]12C. The third-order valence-corrected chi connectivity index (χ3v) is 13.6. The molecule has 1 aromatic carbocycles. The van der Waals surface area contributed by atoms with Crippen molar-refractivity contribution in [1.29, 1.82) is 0 Å². The van der Waals surface area contributed by atoms with Crippen LogP contribution in [0.2, 0.25) is 0 Å². The number of hydrogen-bond acceptors (Lipinski definition) is 8. The lowest BCUT2D eigenvalue weighted by Gasteiger charge is -2.64. The highest BCUT2D eigenvalue weighted by molar-refractivity contribution is 7.86. The van der Waals surface area contributed by atoms with E-state index in [1.54, 1.807) is 12.1 Å². The highest BCUT2D eigenvalue weighted by Gasteiger charge is 2.66. The van der Waals surface area contributed by atoms with Crippen molar-refractivity contribution in [2.75, 3.05) is 7.11 Å². The number of hydrogen-bond donors (Lipinski definition) is 3. The molecule has 0 spiro atoms. The number of aliphatic hydroxyl groups is 3. The molecule has 5 rings (SSSR count). The largest absolute Gasteiger partial charge is 0.469 e. The summed E-state index contributed by atoms with van der Waals surface area (Å²) in [5.74, 6) is -1.44. The number of carbonyl (C=O) groups excluding carboxylic acids is 1. The molecule has 0 radical (unpaired) electrons. The molecule has 9 heteroatoms. The van der Waals surface area contributed by atoms with Crippen molar-refractivity contribution in [2.24, 2.45) is 46.3 Å². The number of ether oxygens (including phenoxy) is 1. The van der Waals surface area contributed by atoms with Crippen LogP contribution in [-0.4, -0.2) is 54.8 Å². The van der Waals surface area contributed by atoms with Crippen LogP contribution in [0.3, 0.4) is 0 Å². The van der Waals surface area contributed by atoms with Gasteiger partial charge in [-0.2, -0.15) is 8.42 Å². The molecule has 4 saturated carbocycles. The van der Waals surface area contributed by atoms with Gasteiger partial charge in [0.25, 0.3) is 10.1 Å². The summed E-state index contributed by atoms with van der Waals surface area (Å²) >= 11 is 0. The number of rotatable bonds is 7. The van der Waals surface area contributed by atoms with Gasteiger partial charge >= 0.3 is 5.97 Å². The lowest BCUT2D eigenvalue weighted by molar-refractivity contribution is -0.245. The third-order valence-electron chi connectivity index (χ3n) is 12.2. The van der Waals surface area contributed by atoms with Crippen molar-refractivity contribution in [3.63, 3.8) is 0 Å². The van der Waals surface area contributed by atoms with Gasteiger partial charge in [0.05, 0.1) is 24.2 Å². The van der Waals surface area contributed by atoms with Gasteiger partial charge in [0.15, 0.2) is 5.79 Å². The van der Waals surface area contributed by atoms with E-state index in [9.17, 15) is 28.5 Å². The summed E-state index contributed by atoms with van der Waals surface area (Å²) in [5.41, 5.74) is 0.322. The molecule has 0 aromatic heterocycles. The molecule has 3 N–H and O–H groups in total. The molecule has 41 heavy (non-hydrogen) atoms. The molecule has 0 unspecified atom stereocenters. The van der Waals surface area contributed by atoms with Crippen molar-refractivity contribution >= 4 is 16.1 Å². The normalized spacial score (nSPS) is 43.0. The standard InChI is InChI=1S/C32H48O8S/c1-19-6-9-22(10-7-19)41(37,38)40-32(36)15-14-30(3)21(18-32)16-26(33)29-24-12-11-23(20(2)8-13-28(35)39-5)31(24,4)27(34)17-25(29)30/h6-7,9-10,20-21,23-27,29,33-34,36H,8,11-18H2,1-5H3/t20-,21-,23-,24+,25+,26-,27+,29+,30+,31-,32+/m1/s1. The van der Waals surface area contributed by atoms with E-state index in [-0.39, 0.29) is 70.0 Å². The number of aliphatic hydroxyl groups excluding tert-OH is 2. The Kier molecular flexibility index (Phi) is 8.21. The number of aryl methyl sites for hydroxylation is 1. The summed E-state index contributed by atoms with van der Waals surface area (Å²) in [6.07, 6.45) is 3.73. The molecule has 1 aromatic rings. The van der Waals surface area contributed by atoms with E-state index in [0.717, 1.165) is 18.4 Å². The molecule has 230 valence electrons. The second-order valence-electron chi connectivity index (χ2n) is 14.2. The van der Waals surface area contributed by atoms with Gasteiger partial charge in [0.2, 0.25) is 0 Å². The van der Waals surface area contributed by atoms with Gasteiger partial charge in [0.1, 0.15) is 0 Å². The average Bonchev–Trinajstić information content (AvgIpc) is 3.27. The number of carbonyl (C=O) groups is 1. The Morgan fingerprint density at radius 3 is 2.41 bits per heavy atom. The van der Waals surface area contributed by atoms with Gasteiger partial charge in [-0.25, -0.2) is 4.18 Å². The molecule has 0 amide bonds. The Labute approximate surface area is 245 Å². The van der Waals surface area contributed by atoms with Crippen LogP contribution in [0.4, 0.5) is 0 Å². The lowest BCUT2D eigenvalue weighted by Crippen LogP contribution is -2.63. The first-order valence-corrected chi connectivity index (χ1v) is 16.7. The number of benzene rings is 1. The van der Waals surface area contributed by atoms with E-state index in [2.05, 4.69) is 20.8 Å². The minimum atomic E-state index is -4.17. The average molecular weight is 593 g/mol. The van der Waals surface area contributed by atoms with Crippen LogP contribution in [0.5, 0.6) is 0 Å². The van der Waals surface area contributed by atoms with Crippen LogP contribution in [-0.2, 0) is 23.8 Å². The van der Waals surface area contributed by atoms with Crippen LogP contribution >= 0.6 is 0 Å². The summed E-state index contributed by atoms with van der Waals surface area (Å²) in [4.78, 5) is 11.8. The zero-order valence-electron chi connectivity index (χ0n) is 25.1. The second-order valence-corrected chi connectivity index (χ2v) is 15.7. The van der Waals surface area contributed by atoms with E-state index in [1.807, 2.05) is 6.92 Å². The van der Waals surface area contributed by atoms with E-state index >= 15 is 0 Å². The quantitative estimate of drug-likeness (QED) is 0.238. The number of fused-ring (bicyclic) bond motifs is 5. The minimum absolute atomic E-state index is 0.0138. The molecular weight excluding hydrogens is 544 g/mol. The van der Waals surface area contributed by atoms with Crippen molar-refractivity contribution in [2.45, 2.75) is 108 Å². The lowest BCUT2D eigenvalue weighted by atomic mass is 9.43. The fraction of sp³-hybridized carbons (Fsp3) is 0.781. The Balaban J connectivity index is 1.34. The fourth-order valence-electron chi connectivity index (χ4n) is 9.79. The Morgan fingerprint density at radius 2 is 1.76 bits per heavy atom. The molecule has 0 bridgehead atoms. The van der Waals surface area contributed by atoms with E-state index < -0.39 is 28.1 Å². The first-order chi connectivity index (χ1) is 19.1. The van der Waals surface area contributed by atoms with Crippen molar-refractivity contribution in [3.8, 4) is 0 Å². The summed E-state index contributed by atoms with van der Waals surface area (Å²) in [5, 5.41) is 34.9. The summed E-state index contributed by atoms with van der Waals surface area (Å²) in [6.45, 7) is 8.43. The molecule has 4 aliphatic carbocycles. The maximum Gasteiger partial charge on any atom is 0.305 e. The topological polar surface area (TPSA) is 130 Å². The van der Waals surface area contributed by atoms with Gasteiger partial charge in [0, 0.05) is 19.3 Å². The fourth-order valence-corrected chi connectivity index (χ4v) is 10.9. The molecule has 4 fully saturated rings. The maximum atomic E-state index is 13.0. The van der Waals surface area contributed by atoms with Crippen LogP contribution < -0.4 is 0 Å². The Hall–Kier alpha value is -1.52. The molecule has 8 nitrogen and oxygen atoms in total. The zero-order valence-corrected chi connectivity index (χ0v) is 25.9. The Morgan fingerprint density at radius 1 is 1.07 bits per heavy atom. The summed E-state index contributed by atoms with van der Waals surface area (Å²) in [6, 6.07) is 6.37. The summed E-state index contributed by atoms with van der Waals surface area (Å²) in [7, 11) is -2.76. The van der Waals surface area contributed by atoms with Crippen LogP contribution in [0.1, 0.15) is 84.1 Å². The Bertz CT molecular complexity index is 1230. The predicted octanol–water partition coefficient (Wildman–Crippen LogP) is 4.58. The molecular formula is C32H48O8S. The number of methoxy groups -OCH3 is 1. The minimum Gasteiger partial charge on any atom is -0.469 e. The van der Waals surface area contributed by atoms with Gasteiger partial charge in [-0.05, 0) is 104 Å². The third kappa shape index (κ3) is 5.28. The predicted molar refractivity (Wildman–Crippen MR) is 153 cm³/mol. The van der Waals surface area contributed by atoms with E-state index in [1.165, 1.54) is 19.2 Å². The summed E-state index contributed by atoms with van der Waals surface area (Å²) < 4.78 is 36.5. The first-order valence-electron chi connectivity index (χ1n) is 15.3. The van der Waals surface area contributed by atoms with Gasteiger partial charge in [-0.3, -0.25) is 4.79 Å². The van der Waals surface area contributed by atoms with Crippen LogP contribution in [0.15, 0.2) is 29.2 Å². The van der Waals surface area contributed by atoms with Gasteiger partial charge in [-0.15, -0.1) is 0 Å². The smallest absolute Gasteiger partial charge is 0.305 e. The molecule has 0 saturated heterocycles. The van der Waals surface area contributed by atoms with Crippen LogP contribution in [0.25, 0.3) is 0 Å². The first kappa shape index (κ1) is 30.9. The molecule has 0 aliphatic heterocycles.